The molecule has 0 unspecified atom stereocenters. The van der Waals surface area contributed by atoms with Crippen LogP contribution in [0.5, 0.6) is 0 Å². The minimum atomic E-state index is -1.01. The lowest BCUT2D eigenvalue weighted by Crippen LogP contribution is -2.44. The van der Waals surface area contributed by atoms with Crippen molar-refractivity contribution in [1.29, 1.82) is 0 Å². The van der Waals surface area contributed by atoms with Gasteiger partial charge in [0.2, 0.25) is 0 Å². The zero-order valence-corrected chi connectivity index (χ0v) is 10.6. The molecule has 0 saturated carbocycles. The fraction of sp³-hybridized carbons (Fsp3) is 0.500. The Morgan fingerprint density at radius 1 is 1.28 bits per heavy atom. The maximum absolute atomic E-state index is 12.1. The Balaban J connectivity index is 2.68. The second kappa shape index (κ2) is 6.68. The summed E-state index contributed by atoms with van der Waals surface area (Å²) in [4.78, 5) is 25.6. The van der Waals surface area contributed by atoms with Crippen LogP contribution in [0.2, 0.25) is 0 Å². The van der Waals surface area contributed by atoms with E-state index in [1.54, 1.807) is 30.2 Å². The van der Waals surface area contributed by atoms with Crippen molar-refractivity contribution in [1.82, 2.24) is 9.80 Å². The van der Waals surface area contributed by atoms with Crippen LogP contribution in [0.1, 0.15) is 19.6 Å². The van der Waals surface area contributed by atoms with Gasteiger partial charge in [0.15, 0.2) is 0 Å². The van der Waals surface area contributed by atoms with E-state index in [-0.39, 0.29) is 12.6 Å². The summed E-state index contributed by atoms with van der Waals surface area (Å²) < 4.78 is 5.18. The Bertz CT molecular complexity index is 389. The van der Waals surface area contributed by atoms with Gasteiger partial charge < -0.3 is 19.3 Å². The van der Waals surface area contributed by atoms with Crippen molar-refractivity contribution < 1.29 is 19.1 Å². The lowest BCUT2D eigenvalue weighted by molar-refractivity contribution is -0.137. The number of hydrogen-bond donors (Lipinski definition) is 1. The first-order chi connectivity index (χ1) is 8.58. The molecule has 0 spiro atoms. The predicted octanol–water partition coefficient (Wildman–Crippen LogP) is 1.63. The standard InChI is InChI=1S/C12H18N2O4/c1-3-13(8-10-6-5-7-18-10)12(17)14(4-2)9-11(15)16/h5-7H,3-4,8-9H2,1-2H3,(H,15,16). The van der Waals surface area contributed by atoms with E-state index >= 15 is 0 Å². The van der Waals surface area contributed by atoms with Crippen molar-refractivity contribution in [2.45, 2.75) is 20.4 Å². The Morgan fingerprint density at radius 2 is 1.94 bits per heavy atom. The molecule has 0 aromatic carbocycles. The summed E-state index contributed by atoms with van der Waals surface area (Å²) in [6.45, 7) is 4.51. The summed E-state index contributed by atoms with van der Waals surface area (Å²) in [5.74, 6) is -0.337. The van der Waals surface area contributed by atoms with Gasteiger partial charge in [-0.15, -0.1) is 0 Å². The maximum Gasteiger partial charge on any atom is 0.323 e. The lowest BCUT2D eigenvalue weighted by atomic mass is 10.4. The number of aliphatic carboxylic acids is 1. The number of likely N-dealkylation sites (N-methyl/N-ethyl adjacent to an activating group) is 1. The van der Waals surface area contributed by atoms with Crippen molar-refractivity contribution in [2.75, 3.05) is 19.6 Å². The fourth-order valence-corrected chi connectivity index (χ4v) is 1.58. The Morgan fingerprint density at radius 3 is 2.39 bits per heavy atom. The third kappa shape index (κ3) is 3.80. The summed E-state index contributed by atoms with van der Waals surface area (Å²) in [5, 5.41) is 8.74. The lowest BCUT2D eigenvalue weighted by Gasteiger charge is -2.27. The molecule has 1 heterocycles. The fourth-order valence-electron chi connectivity index (χ4n) is 1.58. The summed E-state index contributed by atoms with van der Waals surface area (Å²) in [6.07, 6.45) is 1.54. The highest BCUT2D eigenvalue weighted by atomic mass is 16.4. The molecule has 0 atom stereocenters. The molecule has 0 bridgehead atoms. The second-order valence-corrected chi connectivity index (χ2v) is 3.78. The summed E-state index contributed by atoms with van der Waals surface area (Å²) in [7, 11) is 0. The zero-order valence-electron chi connectivity index (χ0n) is 10.6. The molecule has 1 rings (SSSR count). The highest BCUT2D eigenvalue weighted by Gasteiger charge is 2.21. The Labute approximate surface area is 106 Å². The van der Waals surface area contributed by atoms with Crippen LogP contribution in [-0.2, 0) is 11.3 Å². The van der Waals surface area contributed by atoms with Gasteiger partial charge in [-0.1, -0.05) is 0 Å². The smallest absolute Gasteiger partial charge is 0.323 e. The summed E-state index contributed by atoms with van der Waals surface area (Å²) >= 11 is 0. The number of carbonyl (C=O) groups is 2. The van der Waals surface area contributed by atoms with Crippen LogP contribution in [-0.4, -0.2) is 46.5 Å². The zero-order chi connectivity index (χ0) is 13.5. The SMILES string of the molecule is CCN(CC(=O)O)C(=O)N(CC)Cc1ccco1. The minimum Gasteiger partial charge on any atom is -0.480 e. The van der Waals surface area contributed by atoms with E-state index in [2.05, 4.69) is 0 Å². The molecule has 0 radical (unpaired) electrons. The quantitative estimate of drug-likeness (QED) is 0.837. The van der Waals surface area contributed by atoms with Gasteiger partial charge in [-0.2, -0.15) is 0 Å². The molecule has 6 nitrogen and oxygen atoms in total. The largest absolute Gasteiger partial charge is 0.480 e. The van der Waals surface area contributed by atoms with Crippen molar-refractivity contribution in [3.63, 3.8) is 0 Å². The maximum atomic E-state index is 12.1. The van der Waals surface area contributed by atoms with E-state index < -0.39 is 5.97 Å². The molecule has 0 aliphatic rings. The van der Waals surface area contributed by atoms with Crippen molar-refractivity contribution in [3.8, 4) is 0 Å². The van der Waals surface area contributed by atoms with Gasteiger partial charge in [0.05, 0.1) is 12.8 Å². The first-order valence-corrected chi connectivity index (χ1v) is 5.86. The van der Waals surface area contributed by atoms with Gasteiger partial charge in [-0.25, -0.2) is 4.79 Å². The molecule has 100 valence electrons. The van der Waals surface area contributed by atoms with E-state index in [0.717, 1.165) is 0 Å². The van der Waals surface area contributed by atoms with Crippen molar-refractivity contribution >= 4 is 12.0 Å². The number of urea groups is 1. The van der Waals surface area contributed by atoms with Crippen LogP contribution < -0.4 is 0 Å². The van der Waals surface area contributed by atoms with Crippen LogP contribution in [0.4, 0.5) is 4.79 Å². The number of carboxylic acid groups (broad SMARTS) is 1. The van der Waals surface area contributed by atoms with Crippen LogP contribution >= 0.6 is 0 Å². The molecular weight excluding hydrogens is 236 g/mol. The molecular formula is C12H18N2O4. The van der Waals surface area contributed by atoms with Gasteiger partial charge >= 0.3 is 12.0 Å². The molecule has 0 fully saturated rings. The van der Waals surface area contributed by atoms with E-state index in [4.69, 9.17) is 9.52 Å². The molecule has 6 heteroatoms. The van der Waals surface area contributed by atoms with Gasteiger partial charge in [0.1, 0.15) is 12.3 Å². The molecule has 1 N–H and O–H groups in total. The van der Waals surface area contributed by atoms with E-state index in [0.29, 0.717) is 25.4 Å². The van der Waals surface area contributed by atoms with Gasteiger partial charge in [-0.3, -0.25) is 4.79 Å². The number of carboxylic acids is 1. The summed E-state index contributed by atoms with van der Waals surface area (Å²) in [5.41, 5.74) is 0. The highest BCUT2D eigenvalue weighted by Crippen LogP contribution is 2.08. The molecule has 0 saturated heterocycles. The molecule has 0 aliphatic heterocycles. The average Bonchev–Trinajstić information content (AvgIpc) is 2.84. The van der Waals surface area contributed by atoms with Gasteiger partial charge in [0, 0.05) is 13.1 Å². The van der Waals surface area contributed by atoms with Crippen molar-refractivity contribution in [2.24, 2.45) is 0 Å². The van der Waals surface area contributed by atoms with Crippen LogP contribution in [0.15, 0.2) is 22.8 Å². The van der Waals surface area contributed by atoms with Crippen LogP contribution in [0.3, 0.4) is 0 Å². The topological polar surface area (TPSA) is 74.0 Å². The van der Waals surface area contributed by atoms with Gasteiger partial charge in [-0.05, 0) is 26.0 Å². The van der Waals surface area contributed by atoms with Crippen LogP contribution in [0.25, 0.3) is 0 Å². The van der Waals surface area contributed by atoms with Crippen molar-refractivity contribution in [3.05, 3.63) is 24.2 Å². The Hall–Kier alpha value is -1.98. The number of furan rings is 1. The number of amides is 2. The number of rotatable bonds is 6. The molecule has 2 amide bonds. The minimum absolute atomic E-state index is 0.288. The first kappa shape index (κ1) is 14.1. The third-order valence-corrected chi connectivity index (χ3v) is 2.56. The number of carbonyl (C=O) groups excluding carboxylic acids is 1. The van der Waals surface area contributed by atoms with Crippen LogP contribution in [0, 0.1) is 0 Å². The monoisotopic (exact) mass is 254 g/mol. The molecule has 1 aromatic rings. The van der Waals surface area contributed by atoms with E-state index in [1.807, 2.05) is 6.92 Å². The number of nitrogens with zero attached hydrogens (tertiary/aromatic N) is 2. The average molecular weight is 254 g/mol. The third-order valence-electron chi connectivity index (χ3n) is 2.56. The predicted molar refractivity (Wildman–Crippen MR) is 65.1 cm³/mol. The number of hydrogen-bond acceptors (Lipinski definition) is 3. The Kier molecular flexibility index (Phi) is 5.23. The second-order valence-electron chi connectivity index (χ2n) is 3.78. The molecule has 18 heavy (non-hydrogen) atoms. The molecule has 0 aliphatic carbocycles. The van der Waals surface area contributed by atoms with E-state index in [1.165, 1.54) is 4.90 Å². The first-order valence-electron chi connectivity index (χ1n) is 5.86. The molecule has 1 aromatic heterocycles. The normalized spacial score (nSPS) is 10.1. The van der Waals surface area contributed by atoms with Gasteiger partial charge in [0.25, 0.3) is 0 Å². The highest BCUT2D eigenvalue weighted by molar-refractivity contribution is 5.80. The summed E-state index contributed by atoms with van der Waals surface area (Å²) in [6, 6.07) is 3.24. The van der Waals surface area contributed by atoms with E-state index in [9.17, 15) is 9.59 Å².